The highest BCUT2D eigenvalue weighted by Crippen LogP contribution is 2.45. The fraction of sp³-hybridized carbons (Fsp3) is 0.529. The van der Waals surface area contributed by atoms with E-state index in [1.165, 1.54) is 0 Å². The Morgan fingerprint density at radius 1 is 1.45 bits per heavy atom. The maximum Gasteiger partial charge on any atom is 0.223 e. The van der Waals surface area contributed by atoms with E-state index < -0.39 is 17.7 Å². The summed E-state index contributed by atoms with van der Waals surface area (Å²) in [5.41, 5.74) is 0.417. The summed E-state index contributed by atoms with van der Waals surface area (Å²) in [6.07, 6.45) is 0.439. The maximum atomic E-state index is 12.3. The molecule has 2 heterocycles. The number of carbonyl (C=O) groups is 1. The predicted octanol–water partition coefficient (Wildman–Crippen LogP) is 2.14. The molecule has 2 aliphatic rings. The van der Waals surface area contributed by atoms with Crippen molar-refractivity contribution in [2.45, 2.75) is 57.4 Å². The molecule has 1 aromatic rings. The molecular weight excluding hydrogens is 280 g/mol. The number of aliphatic hydroxyl groups is 1. The van der Waals surface area contributed by atoms with Crippen LogP contribution in [0.2, 0.25) is 0 Å². The number of fused-ring (bicyclic) bond motifs is 1. The number of nitrogens with zero attached hydrogens (tertiary/aromatic N) is 2. The van der Waals surface area contributed by atoms with Gasteiger partial charge in [-0.05, 0) is 45.4 Å². The minimum absolute atomic E-state index is 0.0440. The number of aliphatic hydroxyl groups excluding tert-OH is 1. The Morgan fingerprint density at radius 3 is 2.77 bits per heavy atom. The number of hydrogen-bond acceptors (Lipinski definition) is 4. The molecule has 0 bridgehead atoms. The Bertz CT molecular complexity index is 662. The fourth-order valence-electron chi connectivity index (χ4n) is 3.41. The van der Waals surface area contributed by atoms with E-state index in [4.69, 9.17) is 10.00 Å². The lowest BCUT2D eigenvalue weighted by Gasteiger charge is -2.46. The highest BCUT2D eigenvalue weighted by atomic mass is 16.5. The number of likely N-dealkylation sites (tertiary alicyclic amines) is 1. The molecular formula is C17H20N2O3. The number of carbonyl (C=O) groups excluding carboxylic acids is 1. The van der Waals surface area contributed by atoms with E-state index >= 15 is 0 Å². The molecule has 1 N–H and O–H groups in total. The van der Waals surface area contributed by atoms with E-state index in [9.17, 15) is 9.90 Å². The zero-order chi connectivity index (χ0) is 16.1. The van der Waals surface area contributed by atoms with Crippen LogP contribution < -0.4 is 4.74 Å². The van der Waals surface area contributed by atoms with Crippen LogP contribution in [0.15, 0.2) is 18.2 Å². The van der Waals surface area contributed by atoms with Gasteiger partial charge in [-0.3, -0.25) is 4.79 Å². The van der Waals surface area contributed by atoms with Crippen LogP contribution in [-0.2, 0) is 4.79 Å². The van der Waals surface area contributed by atoms with E-state index in [2.05, 4.69) is 6.07 Å². The normalized spacial score (nSPS) is 29.7. The first kappa shape index (κ1) is 14.9. The predicted molar refractivity (Wildman–Crippen MR) is 80.2 cm³/mol. The standard InChI is InChI=1S/C17H20N2O3/c1-10-4-7-14(20)19(10)15-12-8-11(9-18)5-6-13(12)22-17(2,3)16(15)21/h5-6,8,10,15-16,21H,4,7H2,1-3H3/t10-,15-,16+/m1/s1. The van der Waals surface area contributed by atoms with Crippen LogP contribution >= 0.6 is 0 Å². The number of ether oxygens (including phenoxy) is 1. The molecule has 1 amide bonds. The molecule has 5 nitrogen and oxygen atoms in total. The SMILES string of the molecule is C[C@@H]1CCC(=O)N1[C@@H]1c2cc(C#N)ccc2OC(C)(C)[C@H]1O. The highest BCUT2D eigenvalue weighted by Gasteiger charge is 2.49. The van der Waals surface area contributed by atoms with Crippen LogP contribution in [0.4, 0.5) is 0 Å². The number of benzene rings is 1. The lowest BCUT2D eigenvalue weighted by Crippen LogP contribution is -2.55. The molecule has 1 aromatic carbocycles. The molecule has 5 heteroatoms. The molecule has 0 aliphatic carbocycles. The van der Waals surface area contributed by atoms with Gasteiger partial charge in [-0.25, -0.2) is 0 Å². The Hall–Kier alpha value is -2.06. The second-order valence-corrected chi connectivity index (χ2v) is 6.65. The molecule has 0 radical (unpaired) electrons. The molecule has 0 aromatic heterocycles. The number of amides is 1. The molecule has 0 saturated carbocycles. The zero-order valence-corrected chi connectivity index (χ0v) is 13.0. The minimum atomic E-state index is -0.849. The summed E-state index contributed by atoms with van der Waals surface area (Å²) in [6.45, 7) is 5.63. The van der Waals surface area contributed by atoms with Gasteiger partial charge in [-0.15, -0.1) is 0 Å². The monoisotopic (exact) mass is 300 g/mol. The van der Waals surface area contributed by atoms with Crippen LogP contribution in [0.3, 0.4) is 0 Å². The third-order valence-corrected chi connectivity index (χ3v) is 4.68. The zero-order valence-electron chi connectivity index (χ0n) is 13.0. The quantitative estimate of drug-likeness (QED) is 0.862. The van der Waals surface area contributed by atoms with Crippen molar-refractivity contribution in [3.8, 4) is 11.8 Å². The van der Waals surface area contributed by atoms with Gasteiger partial charge in [-0.1, -0.05) is 0 Å². The Balaban J connectivity index is 2.15. The van der Waals surface area contributed by atoms with E-state index in [1.54, 1.807) is 23.1 Å². The summed E-state index contributed by atoms with van der Waals surface area (Å²) in [4.78, 5) is 14.1. The Morgan fingerprint density at radius 2 is 2.18 bits per heavy atom. The summed E-state index contributed by atoms with van der Waals surface area (Å²) in [6, 6.07) is 6.86. The molecule has 2 aliphatic heterocycles. The molecule has 3 atom stereocenters. The first-order valence-corrected chi connectivity index (χ1v) is 7.57. The van der Waals surface area contributed by atoms with Crippen molar-refractivity contribution in [3.05, 3.63) is 29.3 Å². The van der Waals surface area contributed by atoms with Gasteiger partial charge in [0, 0.05) is 18.0 Å². The maximum absolute atomic E-state index is 12.3. The summed E-state index contributed by atoms with van der Waals surface area (Å²) in [5.74, 6) is 0.675. The number of rotatable bonds is 1. The third kappa shape index (κ3) is 2.15. The van der Waals surface area contributed by atoms with Gasteiger partial charge in [0.05, 0.1) is 17.7 Å². The molecule has 116 valence electrons. The average Bonchev–Trinajstić information content (AvgIpc) is 2.80. The van der Waals surface area contributed by atoms with Crippen LogP contribution in [0.1, 0.15) is 50.8 Å². The smallest absolute Gasteiger partial charge is 0.223 e. The topological polar surface area (TPSA) is 73.6 Å². The molecule has 1 saturated heterocycles. The van der Waals surface area contributed by atoms with Gasteiger partial charge in [0.25, 0.3) is 0 Å². The van der Waals surface area contributed by atoms with Crippen LogP contribution in [0.5, 0.6) is 5.75 Å². The van der Waals surface area contributed by atoms with Gasteiger partial charge < -0.3 is 14.7 Å². The lowest BCUT2D eigenvalue weighted by molar-refractivity contribution is -0.142. The van der Waals surface area contributed by atoms with Crippen molar-refractivity contribution in [1.82, 2.24) is 4.90 Å². The Kier molecular flexibility index (Phi) is 3.37. The van der Waals surface area contributed by atoms with E-state index in [0.717, 1.165) is 6.42 Å². The first-order valence-electron chi connectivity index (χ1n) is 7.57. The van der Waals surface area contributed by atoms with Crippen LogP contribution in [0.25, 0.3) is 0 Å². The van der Waals surface area contributed by atoms with Crippen LogP contribution in [-0.4, -0.2) is 33.7 Å². The number of nitriles is 1. The summed E-state index contributed by atoms with van der Waals surface area (Å²) in [5, 5.41) is 19.9. The average molecular weight is 300 g/mol. The summed E-state index contributed by atoms with van der Waals surface area (Å²) in [7, 11) is 0. The summed E-state index contributed by atoms with van der Waals surface area (Å²) >= 11 is 0. The van der Waals surface area contributed by atoms with Crippen molar-refractivity contribution < 1.29 is 14.6 Å². The van der Waals surface area contributed by atoms with Crippen molar-refractivity contribution in [1.29, 1.82) is 5.26 Å². The number of hydrogen-bond donors (Lipinski definition) is 1. The van der Waals surface area contributed by atoms with Crippen molar-refractivity contribution in [2.24, 2.45) is 0 Å². The highest BCUT2D eigenvalue weighted by molar-refractivity contribution is 5.79. The van der Waals surface area contributed by atoms with Gasteiger partial charge in [-0.2, -0.15) is 5.26 Å². The lowest BCUT2D eigenvalue weighted by atomic mass is 9.84. The first-order chi connectivity index (χ1) is 10.3. The van der Waals surface area contributed by atoms with E-state index in [-0.39, 0.29) is 11.9 Å². The van der Waals surface area contributed by atoms with Crippen LogP contribution in [0, 0.1) is 11.3 Å². The molecule has 0 spiro atoms. The van der Waals surface area contributed by atoms with Crippen molar-refractivity contribution >= 4 is 5.91 Å². The van der Waals surface area contributed by atoms with E-state index in [0.29, 0.717) is 23.3 Å². The molecule has 1 fully saturated rings. The van der Waals surface area contributed by atoms with E-state index in [1.807, 2.05) is 20.8 Å². The van der Waals surface area contributed by atoms with Gasteiger partial charge >= 0.3 is 0 Å². The third-order valence-electron chi connectivity index (χ3n) is 4.68. The molecule has 22 heavy (non-hydrogen) atoms. The Labute approximate surface area is 130 Å². The van der Waals surface area contributed by atoms with Crippen molar-refractivity contribution in [2.75, 3.05) is 0 Å². The van der Waals surface area contributed by atoms with Crippen molar-refractivity contribution in [3.63, 3.8) is 0 Å². The fourth-order valence-corrected chi connectivity index (χ4v) is 3.41. The summed E-state index contributed by atoms with van der Waals surface area (Å²) < 4.78 is 5.89. The second kappa shape index (κ2) is 4.99. The largest absolute Gasteiger partial charge is 0.485 e. The van der Waals surface area contributed by atoms with Gasteiger partial charge in [0.2, 0.25) is 5.91 Å². The van der Waals surface area contributed by atoms with Gasteiger partial charge in [0.1, 0.15) is 17.5 Å². The molecule has 0 unspecified atom stereocenters. The minimum Gasteiger partial charge on any atom is -0.485 e. The molecule has 3 rings (SSSR count). The van der Waals surface area contributed by atoms with Gasteiger partial charge in [0.15, 0.2) is 0 Å². The second-order valence-electron chi connectivity index (χ2n) is 6.65.